The van der Waals surface area contributed by atoms with Crippen LogP contribution < -0.4 is 10.6 Å². The van der Waals surface area contributed by atoms with Crippen LogP contribution in [0.4, 0.5) is 0 Å². The Bertz CT molecular complexity index is 210. The predicted octanol–water partition coefficient (Wildman–Crippen LogP) is 1.82. The molecule has 1 aliphatic rings. The second-order valence-electron chi connectivity index (χ2n) is 4.63. The SMILES string of the molecule is CCCC(C)NC(=O)C1(CC)CCCN1. The quantitative estimate of drug-likeness (QED) is 0.730. The molecule has 15 heavy (non-hydrogen) atoms. The van der Waals surface area contributed by atoms with Gasteiger partial charge in [-0.2, -0.15) is 0 Å². The average molecular weight is 212 g/mol. The summed E-state index contributed by atoms with van der Waals surface area (Å²) in [6.45, 7) is 7.29. The standard InChI is InChI=1S/C12H24N2O/c1-4-7-10(3)14-11(15)12(5-2)8-6-9-13-12/h10,13H,4-9H2,1-3H3,(H,14,15). The van der Waals surface area contributed by atoms with Crippen molar-refractivity contribution in [2.24, 2.45) is 0 Å². The van der Waals surface area contributed by atoms with Gasteiger partial charge in [-0.05, 0) is 39.2 Å². The van der Waals surface area contributed by atoms with Crippen LogP contribution in [-0.4, -0.2) is 24.0 Å². The van der Waals surface area contributed by atoms with Crippen molar-refractivity contribution in [2.45, 2.75) is 64.5 Å². The molecule has 0 radical (unpaired) electrons. The lowest BCUT2D eigenvalue weighted by Crippen LogP contribution is -2.54. The van der Waals surface area contributed by atoms with Gasteiger partial charge in [0, 0.05) is 6.04 Å². The van der Waals surface area contributed by atoms with Gasteiger partial charge in [0.15, 0.2) is 0 Å². The molecule has 0 aromatic heterocycles. The first-order chi connectivity index (χ1) is 7.14. The molecule has 2 unspecified atom stereocenters. The molecule has 1 rings (SSSR count). The number of hydrogen-bond donors (Lipinski definition) is 2. The predicted molar refractivity (Wildman–Crippen MR) is 62.8 cm³/mol. The van der Waals surface area contributed by atoms with Crippen LogP contribution in [0.5, 0.6) is 0 Å². The molecule has 0 aliphatic carbocycles. The summed E-state index contributed by atoms with van der Waals surface area (Å²) in [4.78, 5) is 12.1. The molecular formula is C12H24N2O. The van der Waals surface area contributed by atoms with Crippen LogP contribution >= 0.6 is 0 Å². The summed E-state index contributed by atoms with van der Waals surface area (Å²) in [5, 5.41) is 6.47. The van der Waals surface area contributed by atoms with Gasteiger partial charge < -0.3 is 10.6 Å². The number of nitrogens with one attached hydrogen (secondary N) is 2. The van der Waals surface area contributed by atoms with Crippen LogP contribution in [-0.2, 0) is 4.79 Å². The number of rotatable bonds is 5. The fourth-order valence-corrected chi connectivity index (χ4v) is 2.33. The molecule has 88 valence electrons. The lowest BCUT2D eigenvalue weighted by atomic mass is 9.92. The van der Waals surface area contributed by atoms with Gasteiger partial charge >= 0.3 is 0 Å². The van der Waals surface area contributed by atoms with Crippen molar-refractivity contribution in [2.75, 3.05) is 6.54 Å². The molecule has 1 amide bonds. The van der Waals surface area contributed by atoms with E-state index in [1.807, 2.05) is 0 Å². The third kappa shape index (κ3) is 2.94. The van der Waals surface area contributed by atoms with Gasteiger partial charge in [-0.3, -0.25) is 4.79 Å². The number of carbonyl (C=O) groups excluding carboxylic acids is 1. The van der Waals surface area contributed by atoms with E-state index >= 15 is 0 Å². The number of hydrogen-bond acceptors (Lipinski definition) is 2. The zero-order valence-electron chi connectivity index (χ0n) is 10.2. The minimum atomic E-state index is -0.276. The highest BCUT2D eigenvalue weighted by atomic mass is 16.2. The molecule has 1 aliphatic heterocycles. The van der Waals surface area contributed by atoms with Gasteiger partial charge in [0.1, 0.15) is 0 Å². The van der Waals surface area contributed by atoms with Gasteiger partial charge in [0.2, 0.25) is 5.91 Å². The highest BCUT2D eigenvalue weighted by molar-refractivity contribution is 5.86. The first-order valence-electron chi connectivity index (χ1n) is 6.20. The molecule has 1 saturated heterocycles. The summed E-state index contributed by atoms with van der Waals surface area (Å²) in [5.74, 6) is 0.198. The maximum atomic E-state index is 12.1. The first kappa shape index (κ1) is 12.5. The Morgan fingerprint density at radius 3 is 2.73 bits per heavy atom. The van der Waals surface area contributed by atoms with Crippen molar-refractivity contribution in [3.05, 3.63) is 0 Å². The molecular weight excluding hydrogens is 188 g/mol. The summed E-state index contributed by atoms with van der Waals surface area (Å²) in [6, 6.07) is 0.299. The van der Waals surface area contributed by atoms with Crippen LogP contribution in [0.25, 0.3) is 0 Å². The molecule has 3 nitrogen and oxygen atoms in total. The lowest BCUT2D eigenvalue weighted by Gasteiger charge is -2.28. The maximum absolute atomic E-state index is 12.1. The highest BCUT2D eigenvalue weighted by Crippen LogP contribution is 2.23. The van der Waals surface area contributed by atoms with E-state index in [0.717, 1.165) is 38.6 Å². The van der Waals surface area contributed by atoms with E-state index in [9.17, 15) is 4.79 Å². The summed E-state index contributed by atoms with van der Waals surface area (Å²) < 4.78 is 0. The third-order valence-corrected chi connectivity index (χ3v) is 3.38. The van der Waals surface area contributed by atoms with Crippen LogP contribution in [0.1, 0.15) is 52.9 Å². The Hall–Kier alpha value is -0.570. The van der Waals surface area contributed by atoms with E-state index in [1.165, 1.54) is 0 Å². The van der Waals surface area contributed by atoms with Gasteiger partial charge in [0.05, 0.1) is 5.54 Å². The molecule has 0 saturated carbocycles. The van der Waals surface area contributed by atoms with Crippen LogP contribution in [0.15, 0.2) is 0 Å². The van der Waals surface area contributed by atoms with Gasteiger partial charge in [-0.15, -0.1) is 0 Å². The summed E-state index contributed by atoms with van der Waals surface area (Å²) in [5.41, 5.74) is -0.276. The Labute approximate surface area is 93.0 Å². The van der Waals surface area contributed by atoms with Gasteiger partial charge in [-0.25, -0.2) is 0 Å². The lowest BCUT2D eigenvalue weighted by molar-refractivity contribution is -0.127. The minimum absolute atomic E-state index is 0.198. The summed E-state index contributed by atoms with van der Waals surface area (Å²) in [7, 11) is 0. The van der Waals surface area contributed by atoms with Crippen molar-refractivity contribution in [3.63, 3.8) is 0 Å². The van der Waals surface area contributed by atoms with Crippen molar-refractivity contribution in [1.82, 2.24) is 10.6 Å². The van der Waals surface area contributed by atoms with Crippen LogP contribution in [0, 0.1) is 0 Å². The highest BCUT2D eigenvalue weighted by Gasteiger charge is 2.39. The molecule has 0 aromatic rings. The van der Waals surface area contributed by atoms with Gasteiger partial charge in [0.25, 0.3) is 0 Å². The van der Waals surface area contributed by atoms with Crippen molar-refractivity contribution in [1.29, 1.82) is 0 Å². The molecule has 2 N–H and O–H groups in total. The monoisotopic (exact) mass is 212 g/mol. The van der Waals surface area contributed by atoms with E-state index in [0.29, 0.717) is 6.04 Å². The molecule has 0 bridgehead atoms. The summed E-state index contributed by atoms with van der Waals surface area (Å²) in [6.07, 6.45) is 5.16. The van der Waals surface area contributed by atoms with Crippen molar-refractivity contribution >= 4 is 5.91 Å². The Kier molecular flexibility index (Phi) is 4.58. The fraction of sp³-hybridized carbons (Fsp3) is 0.917. The second kappa shape index (κ2) is 5.50. The molecule has 1 heterocycles. The van der Waals surface area contributed by atoms with Crippen molar-refractivity contribution in [3.8, 4) is 0 Å². The average Bonchev–Trinajstić information content (AvgIpc) is 2.67. The topological polar surface area (TPSA) is 41.1 Å². The van der Waals surface area contributed by atoms with Crippen molar-refractivity contribution < 1.29 is 4.79 Å². The van der Waals surface area contributed by atoms with E-state index < -0.39 is 0 Å². The van der Waals surface area contributed by atoms with E-state index in [2.05, 4.69) is 31.4 Å². The van der Waals surface area contributed by atoms with Crippen LogP contribution in [0.3, 0.4) is 0 Å². The largest absolute Gasteiger partial charge is 0.352 e. The van der Waals surface area contributed by atoms with E-state index in [4.69, 9.17) is 0 Å². The second-order valence-corrected chi connectivity index (χ2v) is 4.63. The van der Waals surface area contributed by atoms with Crippen LogP contribution in [0.2, 0.25) is 0 Å². The fourth-order valence-electron chi connectivity index (χ4n) is 2.33. The minimum Gasteiger partial charge on any atom is -0.352 e. The zero-order valence-corrected chi connectivity index (χ0v) is 10.2. The molecule has 0 spiro atoms. The molecule has 0 aromatic carbocycles. The Morgan fingerprint density at radius 1 is 1.53 bits per heavy atom. The van der Waals surface area contributed by atoms with E-state index in [-0.39, 0.29) is 11.4 Å². The Balaban J connectivity index is 2.50. The number of amides is 1. The molecule has 3 heteroatoms. The zero-order chi connectivity index (χ0) is 11.3. The normalized spacial score (nSPS) is 27.7. The van der Waals surface area contributed by atoms with Gasteiger partial charge in [-0.1, -0.05) is 20.3 Å². The molecule has 1 fully saturated rings. The smallest absolute Gasteiger partial charge is 0.240 e. The first-order valence-corrected chi connectivity index (χ1v) is 6.20. The molecule has 2 atom stereocenters. The maximum Gasteiger partial charge on any atom is 0.240 e. The summed E-state index contributed by atoms with van der Waals surface area (Å²) >= 11 is 0. The van der Waals surface area contributed by atoms with E-state index in [1.54, 1.807) is 0 Å². The Morgan fingerprint density at radius 2 is 2.27 bits per heavy atom. The third-order valence-electron chi connectivity index (χ3n) is 3.38. The number of carbonyl (C=O) groups is 1.